The molecule has 9 heteroatoms. The zero-order valence-electron chi connectivity index (χ0n) is 11.2. The number of amides is 1. The fourth-order valence-electron chi connectivity index (χ4n) is 1.66. The van der Waals surface area contributed by atoms with E-state index in [-0.39, 0.29) is 11.5 Å². The number of H-pyrrole nitrogens is 1. The van der Waals surface area contributed by atoms with E-state index in [1.807, 2.05) is 0 Å². The number of carbonyl (C=O) groups is 2. The molecule has 21 heavy (non-hydrogen) atoms. The fourth-order valence-corrected chi connectivity index (χ4v) is 1.90. The SMILES string of the molecule is Cc1nn(C)c(Cl)c1C=CC(=O)Nc1cc(C(=O)O)[nH]n1. The molecule has 0 aliphatic rings. The molecule has 0 unspecified atom stereocenters. The molecule has 0 aliphatic heterocycles. The van der Waals surface area contributed by atoms with Crippen molar-refractivity contribution in [2.75, 3.05) is 5.32 Å². The number of carbonyl (C=O) groups excluding carboxylic acids is 1. The predicted octanol–water partition coefficient (Wildman–Crippen LogP) is 1.46. The zero-order chi connectivity index (χ0) is 15.6. The van der Waals surface area contributed by atoms with E-state index in [2.05, 4.69) is 20.6 Å². The van der Waals surface area contributed by atoms with Crippen LogP contribution in [0.25, 0.3) is 6.08 Å². The minimum atomic E-state index is -1.16. The summed E-state index contributed by atoms with van der Waals surface area (Å²) in [4.78, 5) is 22.4. The van der Waals surface area contributed by atoms with E-state index in [4.69, 9.17) is 16.7 Å². The van der Waals surface area contributed by atoms with Crippen molar-refractivity contribution in [3.63, 3.8) is 0 Å². The average molecular weight is 310 g/mol. The van der Waals surface area contributed by atoms with Crippen molar-refractivity contribution < 1.29 is 14.7 Å². The highest BCUT2D eigenvalue weighted by atomic mass is 35.5. The number of hydrogen-bond acceptors (Lipinski definition) is 4. The summed E-state index contributed by atoms with van der Waals surface area (Å²) >= 11 is 6.03. The number of aromatic amines is 1. The van der Waals surface area contributed by atoms with Crippen LogP contribution in [-0.2, 0) is 11.8 Å². The molecule has 1 amide bonds. The van der Waals surface area contributed by atoms with E-state index in [1.54, 1.807) is 14.0 Å². The number of nitrogens with one attached hydrogen (secondary N) is 2. The highest BCUT2D eigenvalue weighted by Crippen LogP contribution is 2.20. The number of carboxylic acids is 1. The van der Waals surface area contributed by atoms with Crippen molar-refractivity contribution in [3.05, 3.63) is 34.2 Å². The summed E-state index contributed by atoms with van der Waals surface area (Å²) in [6, 6.07) is 1.22. The predicted molar refractivity (Wildman–Crippen MR) is 76.2 cm³/mol. The third-order valence-corrected chi connectivity index (χ3v) is 3.11. The molecule has 0 bridgehead atoms. The average Bonchev–Trinajstić information content (AvgIpc) is 2.95. The molecule has 0 aliphatic carbocycles. The van der Waals surface area contributed by atoms with E-state index in [1.165, 1.54) is 22.9 Å². The van der Waals surface area contributed by atoms with Crippen LogP contribution < -0.4 is 5.32 Å². The Morgan fingerprint density at radius 1 is 1.52 bits per heavy atom. The van der Waals surface area contributed by atoms with E-state index in [0.717, 1.165) is 0 Å². The molecule has 0 saturated heterocycles. The first kappa shape index (κ1) is 14.8. The summed E-state index contributed by atoms with van der Waals surface area (Å²) in [5.41, 5.74) is 1.22. The Bertz CT molecular complexity index is 731. The van der Waals surface area contributed by atoms with E-state index in [9.17, 15) is 9.59 Å². The van der Waals surface area contributed by atoms with Gasteiger partial charge >= 0.3 is 5.97 Å². The quantitative estimate of drug-likeness (QED) is 0.740. The standard InChI is InChI=1S/C12H12ClN5O3/c1-6-7(11(13)18(2)17-6)3-4-10(19)14-9-5-8(12(20)21)15-16-9/h3-5H,1-2H3,(H,20,21)(H2,14,15,16,19). The zero-order valence-corrected chi connectivity index (χ0v) is 12.0. The molecule has 2 aromatic heterocycles. The second-order valence-electron chi connectivity index (χ2n) is 4.21. The Balaban J connectivity index is 2.07. The van der Waals surface area contributed by atoms with Crippen molar-refractivity contribution in [3.8, 4) is 0 Å². The topological polar surface area (TPSA) is 113 Å². The largest absolute Gasteiger partial charge is 0.477 e. The minimum absolute atomic E-state index is 0.111. The second kappa shape index (κ2) is 5.80. The van der Waals surface area contributed by atoms with E-state index in [0.29, 0.717) is 16.4 Å². The molecule has 0 aromatic carbocycles. The molecule has 0 saturated carbocycles. The lowest BCUT2D eigenvalue weighted by atomic mass is 10.2. The monoisotopic (exact) mass is 309 g/mol. The first-order valence-corrected chi connectivity index (χ1v) is 6.23. The lowest BCUT2D eigenvalue weighted by Crippen LogP contribution is -2.08. The van der Waals surface area contributed by atoms with E-state index >= 15 is 0 Å². The van der Waals surface area contributed by atoms with Gasteiger partial charge in [-0.1, -0.05) is 11.6 Å². The number of nitrogens with zero attached hydrogens (tertiary/aromatic N) is 3. The second-order valence-corrected chi connectivity index (χ2v) is 4.57. The maximum Gasteiger partial charge on any atom is 0.353 e. The van der Waals surface area contributed by atoms with E-state index < -0.39 is 11.9 Å². The molecule has 2 aromatic rings. The summed E-state index contributed by atoms with van der Waals surface area (Å²) in [5.74, 6) is -1.50. The van der Waals surface area contributed by atoms with Crippen LogP contribution in [-0.4, -0.2) is 37.0 Å². The molecule has 0 radical (unpaired) electrons. The van der Waals surface area contributed by atoms with Gasteiger partial charge in [0.25, 0.3) is 0 Å². The Morgan fingerprint density at radius 3 is 2.76 bits per heavy atom. The maximum absolute atomic E-state index is 11.7. The van der Waals surface area contributed by atoms with Crippen LogP contribution in [0.3, 0.4) is 0 Å². The van der Waals surface area contributed by atoms with Crippen molar-refractivity contribution in [2.24, 2.45) is 7.05 Å². The summed E-state index contributed by atoms with van der Waals surface area (Å²) in [7, 11) is 1.70. The van der Waals surface area contributed by atoms with Gasteiger partial charge in [-0.2, -0.15) is 10.2 Å². The number of rotatable bonds is 4. The lowest BCUT2D eigenvalue weighted by Gasteiger charge is -1.96. The number of anilines is 1. The van der Waals surface area contributed by atoms with Crippen LogP contribution in [0.5, 0.6) is 0 Å². The van der Waals surface area contributed by atoms with Gasteiger partial charge in [-0.25, -0.2) is 4.79 Å². The van der Waals surface area contributed by atoms with Crippen LogP contribution in [0, 0.1) is 6.92 Å². The van der Waals surface area contributed by atoms with Gasteiger partial charge in [0, 0.05) is 24.8 Å². The number of halogens is 1. The van der Waals surface area contributed by atoms with Gasteiger partial charge in [0.05, 0.1) is 5.69 Å². The summed E-state index contributed by atoms with van der Waals surface area (Å²) in [6.45, 7) is 1.77. The van der Waals surface area contributed by atoms with Gasteiger partial charge in [-0.3, -0.25) is 14.6 Å². The molecule has 0 fully saturated rings. The lowest BCUT2D eigenvalue weighted by molar-refractivity contribution is -0.111. The Labute approximate surface area is 124 Å². The molecule has 110 valence electrons. The minimum Gasteiger partial charge on any atom is -0.477 e. The number of hydrogen-bond donors (Lipinski definition) is 3. The number of aromatic carboxylic acids is 1. The molecule has 8 nitrogen and oxygen atoms in total. The Hall–Kier alpha value is -2.61. The Kier molecular flexibility index (Phi) is 4.08. The highest BCUT2D eigenvalue weighted by Gasteiger charge is 2.10. The van der Waals surface area contributed by atoms with Gasteiger partial charge in [-0.15, -0.1) is 0 Å². The summed E-state index contributed by atoms with van der Waals surface area (Å²) in [6.07, 6.45) is 2.80. The number of carboxylic acid groups (broad SMARTS) is 1. The van der Waals surface area contributed by atoms with Crippen LogP contribution in [0.2, 0.25) is 5.15 Å². The third-order valence-electron chi connectivity index (χ3n) is 2.66. The van der Waals surface area contributed by atoms with Gasteiger partial charge in [0.1, 0.15) is 10.8 Å². The molecule has 0 spiro atoms. The first-order chi connectivity index (χ1) is 9.88. The third kappa shape index (κ3) is 3.29. The van der Waals surface area contributed by atoms with Crippen molar-refractivity contribution >= 4 is 35.4 Å². The fraction of sp³-hybridized carbons (Fsp3) is 0.167. The van der Waals surface area contributed by atoms with Gasteiger partial charge in [-0.05, 0) is 13.0 Å². The molecule has 2 heterocycles. The summed E-state index contributed by atoms with van der Waals surface area (Å²) in [5, 5.41) is 21.6. The normalized spacial score (nSPS) is 11.0. The first-order valence-electron chi connectivity index (χ1n) is 5.85. The highest BCUT2D eigenvalue weighted by molar-refractivity contribution is 6.31. The molecule has 3 N–H and O–H groups in total. The van der Waals surface area contributed by atoms with Crippen LogP contribution >= 0.6 is 11.6 Å². The molecular weight excluding hydrogens is 298 g/mol. The Morgan fingerprint density at radius 2 is 2.24 bits per heavy atom. The number of aryl methyl sites for hydroxylation is 2. The van der Waals surface area contributed by atoms with Gasteiger partial charge < -0.3 is 10.4 Å². The van der Waals surface area contributed by atoms with Crippen LogP contribution in [0.15, 0.2) is 12.1 Å². The van der Waals surface area contributed by atoms with Crippen molar-refractivity contribution in [2.45, 2.75) is 6.92 Å². The maximum atomic E-state index is 11.7. The van der Waals surface area contributed by atoms with Crippen molar-refractivity contribution in [1.29, 1.82) is 0 Å². The van der Waals surface area contributed by atoms with Gasteiger partial charge in [0.2, 0.25) is 5.91 Å². The molecule has 2 rings (SSSR count). The van der Waals surface area contributed by atoms with Crippen LogP contribution in [0.1, 0.15) is 21.7 Å². The van der Waals surface area contributed by atoms with Gasteiger partial charge in [0.15, 0.2) is 5.82 Å². The number of aromatic nitrogens is 4. The molecule has 0 atom stereocenters. The molecular formula is C12H12ClN5O3. The van der Waals surface area contributed by atoms with Crippen LogP contribution in [0.4, 0.5) is 5.82 Å². The summed E-state index contributed by atoms with van der Waals surface area (Å²) < 4.78 is 1.50. The smallest absolute Gasteiger partial charge is 0.353 e. The van der Waals surface area contributed by atoms with Crippen molar-refractivity contribution in [1.82, 2.24) is 20.0 Å².